The zero-order valence-corrected chi connectivity index (χ0v) is 15.4. The van der Waals surface area contributed by atoms with Gasteiger partial charge >= 0.3 is 5.97 Å². The number of rotatable bonds is 7. The number of amides is 2. The van der Waals surface area contributed by atoms with Crippen LogP contribution in [-0.2, 0) is 14.3 Å². The van der Waals surface area contributed by atoms with Crippen molar-refractivity contribution in [3.63, 3.8) is 0 Å². The lowest BCUT2D eigenvalue weighted by Gasteiger charge is -2.14. The van der Waals surface area contributed by atoms with E-state index < -0.39 is 53.6 Å². The summed E-state index contributed by atoms with van der Waals surface area (Å²) in [6, 6.07) is 7.67. The third-order valence-electron chi connectivity index (χ3n) is 3.70. The van der Waals surface area contributed by atoms with Crippen LogP contribution in [0.4, 0.5) is 18.9 Å². The monoisotopic (exact) mass is 410 g/mol. The Morgan fingerprint density at radius 1 is 1.07 bits per heavy atom. The van der Waals surface area contributed by atoms with Crippen molar-refractivity contribution in [1.82, 2.24) is 5.32 Å². The Morgan fingerprint density at radius 3 is 2.48 bits per heavy atom. The van der Waals surface area contributed by atoms with Crippen LogP contribution in [0.25, 0.3) is 0 Å². The summed E-state index contributed by atoms with van der Waals surface area (Å²) in [5.41, 5.74) is -0.361. The number of hydrogen-bond donors (Lipinski definition) is 2. The fourth-order valence-corrected chi connectivity index (χ4v) is 2.17. The molecule has 7 nitrogen and oxygen atoms in total. The van der Waals surface area contributed by atoms with Crippen LogP contribution in [0.1, 0.15) is 17.3 Å². The van der Waals surface area contributed by atoms with Gasteiger partial charge in [-0.1, -0.05) is 6.07 Å². The number of carbonyl (C=O) groups is 3. The van der Waals surface area contributed by atoms with Crippen molar-refractivity contribution in [2.24, 2.45) is 0 Å². The Morgan fingerprint density at radius 2 is 1.79 bits per heavy atom. The number of ether oxygens (including phenoxy) is 2. The van der Waals surface area contributed by atoms with Gasteiger partial charge in [-0.05, 0) is 37.3 Å². The lowest BCUT2D eigenvalue weighted by Crippen LogP contribution is -2.36. The van der Waals surface area contributed by atoms with E-state index in [9.17, 15) is 27.6 Å². The number of methoxy groups -OCH3 is 1. The van der Waals surface area contributed by atoms with Crippen molar-refractivity contribution in [1.29, 1.82) is 0 Å². The van der Waals surface area contributed by atoms with Gasteiger partial charge in [0.15, 0.2) is 23.6 Å². The summed E-state index contributed by atoms with van der Waals surface area (Å²) < 4.78 is 49.5. The van der Waals surface area contributed by atoms with Gasteiger partial charge < -0.3 is 20.1 Å². The molecule has 0 unspecified atom stereocenters. The minimum Gasteiger partial charge on any atom is -0.497 e. The minimum atomic E-state index is -1.74. The molecule has 0 spiro atoms. The molecular formula is C19H17F3N2O5. The number of nitrogens with one attached hydrogen (secondary N) is 2. The molecule has 2 amide bonds. The van der Waals surface area contributed by atoms with E-state index in [1.165, 1.54) is 26.2 Å². The van der Waals surface area contributed by atoms with Crippen LogP contribution < -0.4 is 15.4 Å². The summed E-state index contributed by atoms with van der Waals surface area (Å²) in [6.07, 6.45) is -1.39. The van der Waals surface area contributed by atoms with E-state index in [1.807, 2.05) is 5.32 Å². The summed E-state index contributed by atoms with van der Waals surface area (Å²) in [5.74, 6) is -6.75. The Labute approximate surface area is 163 Å². The van der Waals surface area contributed by atoms with E-state index >= 15 is 0 Å². The highest BCUT2D eigenvalue weighted by Crippen LogP contribution is 2.20. The first-order valence-electron chi connectivity index (χ1n) is 8.29. The van der Waals surface area contributed by atoms with Crippen molar-refractivity contribution in [3.8, 4) is 5.75 Å². The number of halogens is 3. The highest BCUT2D eigenvalue weighted by atomic mass is 19.2. The Hall–Kier alpha value is -3.56. The standard InChI is InChI=1S/C19H17F3N2O5/c1-10(18(26)24-14-7-6-13(20)16(21)17(14)22)29-15(25)9-23-19(27)11-4-3-5-12(8-11)28-2/h3-8,10H,9H2,1-2H3,(H,23,27)(H,24,26)/t10-/m0/s1. The predicted octanol–water partition coefficient (Wildman–Crippen LogP) is 2.41. The van der Waals surface area contributed by atoms with E-state index in [0.29, 0.717) is 11.8 Å². The van der Waals surface area contributed by atoms with Crippen molar-refractivity contribution in [2.75, 3.05) is 19.0 Å². The molecule has 0 heterocycles. The molecule has 0 aliphatic carbocycles. The van der Waals surface area contributed by atoms with Crippen LogP contribution in [-0.4, -0.2) is 37.5 Å². The fourth-order valence-electron chi connectivity index (χ4n) is 2.17. The quantitative estimate of drug-likeness (QED) is 0.540. The summed E-state index contributed by atoms with van der Waals surface area (Å²) >= 11 is 0. The molecule has 29 heavy (non-hydrogen) atoms. The van der Waals surface area contributed by atoms with Crippen LogP contribution >= 0.6 is 0 Å². The third kappa shape index (κ3) is 5.71. The molecule has 1 atom stereocenters. The molecule has 154 valence electrons. The van der Waals surface area contributed by atoms with Crippen molar-refractivity contribution in [2.45, 2.75) is 13.0 Å². The molecule has 2 aromatic rings. The second-order valence-electron chi connectivity index (χ2n) is 5.76. The SMILES string of the molecule is COc1cccc(C(=O)NCC(=O)O[C@@H](C)C(=O)Nc2ccc(F)c(F)c2F)c1. The number of carbonyl (C=O) groups excluding carboxylic acids is 3. The predicted molar refractivity (Wildman–Crippen MR) is 95.8 cm³/mol. The molecule has 0 aliphatic rings. The lowest BCUT2D eigenvalue weighted by molar-refractivity contribution is -0.152. The summed E-state index contributed by atoms with van der Waals surface area (Å²) in [4.78, 5) is 35.8. The third-order valence-corrected chi connectivity index (χ3v) is 3.70. The molecular weight excluding hydrogens is 393 g/mol. The maximum Gasteiger partial charge on any atom is 0.326 e. The average molecular weight is 410 g/mol. The van der Waals surface area contributed by atoms with Gasteiger partial charge in [0.25, 0.3) is 11.8 Å². The van der Waals surface area contributed by atoms with Crippen LogP contribution in [0.15, 0.2) is 36.4 Å². The molecule has 0 bridgehead atoms. The van der Waals surface area contributed by atoms with Crippen LogP contribution in [0.2, 0.25) is 0 Å². The second-order valence-corrected chi connectivity index (χ2v) is 5.76. The topological polar surface area (TPSA) is 93.7 Å². The van der Waals surface area contributed by atoms with E-state index in [4.69, 9.17) is 9.47 Å². The second kappa shape index (κ2) is 9.58. The first kappa shape index (κ1) is 21.7. The molecule has 2 N–H and O–H groups in total. The number of hydrogen-bond acceptors (Lipinski definition) is 5. The minimum absolute atomic E-state index is 0.247. The van der Waals surface area contributed by atoms with E-state index in [0.717, 1.165) is 6.07 Å². The number of esters is 1. The van der Waals surface area contributed by atoms with Crippen LogP contribution in [0, 0.1) is 17.5 Å². The lowest BCUT2D eigenvalue weighted by atomic mass is 10.2. The molecule has 0 saturated heterocycles. The highest BCUT2D eigenvalue weighted by Gasteiger charge is 2.21. The Balaban J connectivity index is 1.87. The average Bonchev–Trinajstić information content (AvgIpc) is 2.72. The molecule has 0 radical (unpaired) electrons. The summed E-state index contributed by atoms with van der Waals surface area (Å²) in [6.45, 7) is 0.655. The van der Waals surface area contributed by atoms with Gasteiger partial charge in [-0.2, -0.15) is 0 Å². The maximum atomic E-state index is 13.6. The Bertz CT molecular complexity index is 936. The van der Waals surface area contributed by atoms with E-state index in [1.54, 1.807) is 12.1 Å². The van der Waals surface area contributed by atoms with Crippen molar-refractivity contribution < 1.29 is 37.0 Å². The zero-order valence-electron chi connectivity index (χ0n) is 15.4. The molecule has 0 saturated carbocycles. The van der Waals surface area contributed by atoms with Gasteiger partial charge in [0.05, 0.1) is 12.8 Å². The van der Waals surface area contributed by atoms with Crippen molar-refractivity contribution >= 4 is 23.5 Å². The number of benzene rings is 2. The maximum absolute atomic E-state index is 13.6. The van der Waals surface area contributed by atoms with Gasteiger partial charge in [-0.15, -0.1) is 0 Å². The van der Waals surface area contributed by atoms with Crippen LogP contribution in [0.3, 0.4) is 0 Å². The fraction of sp³-hybridized carbons (Fsp3) is 0.211. The van der Waals surface area contributed by atoms with E-state index in [2.05, 4.69) is 5.32 Å². The van der Waals surface area contributed by atoms with Crippen molar-refractivity contribution in [3.05, 3.63) is 59.4 Å². The molecule has 0 fully saturated rings. The van der Waals surface area contributed by atoms with Crippen LogP contribution in [0.5, 0.6) is 5.75 Å². The molecule has 0 aromatic heterocycles. The van der Waals surface area contributed by atoms with Gasteiger partial charge in [0.1, 0.15) is 12.3 Å². The Kier molecular flexibility index (Phi) is 7.18. The largest absolute Gasteiger partial charge is 0.497 e. The first-order valence-corrected chi connectivity index (χ1v) is 8.29. The molecule has 0 aliphatic heterocycles. The normalized spacial score (nSPS) is 11.3. The van der Waals surface area contributed by atoms with Gasteiger partial charge in [-0.3, -0.25) is 14.4 Å². The summed E-state index contributed by atoms with van der Waals surface area (Å²) in [5, 5.41) is 4.30. The van der Waals surface area contributed by atoms with Gasteiger partial charge in [0, 0.05) is 5.56 Å². The zero-order chi connectivity index (χ0) is 21.6. The molecule has 2 rings (SSSR count). The smallest absolute Gasteiger partial charge is 0.326 e. The van der Waals surface area contributed by atoms with Gasteiger partial charge in [-0.25, -0.2) is 13.2 Å². The molecule has 10 heteroatoms. The number of anilines is 1. The first-order chi connectivity index (χ1) is 13.7. The molecule has 2 aromatic carbocycles. The highest BCUT2D eigenvalue weighted by molar-refractivity contribution is 5.97. The summed E-state index contributed by atoms with van der Waals surface area (Å²) in [7, 11) is 1.44. The van der Waals surface area contributed by atoms with Gasteiger partial charge in [0.2, 0.25) is 0 Å². The van der Waals surface area contributed by atoms with E-state index in [-0.39, 0.29) is 5.56 Å².